The summed E-state index contributed by atoms with van der Waals surface area (Å²) >= 11 is 6.01. The first kappa shape index (κ1) is 22.8. The number of ether oxygens (including phenoxy) is 1. The molecule has 4 rings (SSSR count). The number of hydrogen-bond acceptors (Lipinski definition) is 4. The summed E-state index contributed by atoms with van der Waals surface area (Å²) in [4.78, 5) is 9.77. The molecule has 0 atom stereocenters. The lowest BCUT2D eigenvalue weighted by Gasteiger charge is -2.45. The number of likely N-dealkylation sites (tertiary alicyclic amines) is 2. The minimum atomic E-state index is 0.217. The van der Waals surface area contributed by atoms with Gasteiger partial charge in [-0.2, -0.15) is 0 Å². The molecule has 3 fully saturated rings. The van der Waals surface area contributed by atoms with Crippen molar-refractivity contribution < 1.29 is 4.74 Å². The Morgan fingerprint density at radius 3 is 2.42 bits per heavy atom. The van der Waals surface area contributed by atoms with Gasteiger partial charge in [-0.3, -0.25) is 14.8 Å². The number of piperidine rings is 1. The lowest BCUT2D eigenvalue weighted by atomic mass is 9.88. The van der Waals surface area contributed by atoms with Crippen LogP contribution in [0.5, 0.6) is 0 Å². The predicted octanol–water partition coefficient (Wildman–Crippen LogP) is 3.11. The Balaban J connectivity index is 1.24. The van der Waals surface area contributed by atoms with Gasteiger partial charge in [0.2, 0.25) is 0 Å². The molecule has 3 aliphatic rings. The average molecular weight is 448 g/mol. The normalized spacial score (nSPS) is 23.7. The van der Waals surface area contributed by atoms with Crippen LogP contribution in [0.3, 0.4) is 0 Å². The van der Waals surface area contributed by atoms with Gasteiger partial charge >= 0.3 is 0 Å². The van der Waals surface area contributed by atoms with Crippen LogP contribution in [-0.2, 0) is 11.3 Å². The number of benzene rings is 1. The largest absolute Gasteiger partial charge is 0.381 e. The van der Waals surface area contributed by atoms with Gasteiger partial charge in [-0.05, 0) is 69.3 Å². The molecule has 3 heterocycles. The van der Waals surface area contributed by atoms with Gasteiger partial charge < -0.3 is 15.4 Å². The van der Waals surface area contributed by atoms with Gasteiger partial charge in [-0.15, -0.1) is 0 Å². The first-order valence-electron chi connectivity index (χ1n) is 11.9. The number of rotatable bonds is 6. The van der Waals surface area contributed by atoms with Gasteiger partial charge in [0.1, 0.15) is 0 Å². The topological polar surface area (TPSA) is 52.1 Å². The summed E-state index contributed by atoms with van der Waals surface area (Å²) in [6, 6.07) is 8.70. The summed E-state index contributed by atoms with van der Waals surface area (Å²) < 4.78 is 5.69. The van der Waals surface area contributed by atoms with E-state index >= 15 is 0 Å². The van der Waals surface area contributed by atoms with Crippen LogP contribution in [0.4, 0.5) is 0 Å². The summed E-state index contributed by atoms with van der Waals surface area (Å²) in [5.41, 5.74) is 1.55. The van der Waals surface area contributed by atoms with E-state index in [9.17, 15) is 0 Å². The van der Waals surface area contributed by atoms with E-state index in [-0.39, 0.29) is 5.54 Å². The maximum atomic E-state index is 6.01. The zero-order valence-corrected chi connectivity index (χ0v) is 19.7. The van der Waals surface area contributed by atoms with Crippen molar-refractivity contribution in [2.24, 2.45) is 4.99 Å². The third-order valence-electron chi connectivity index (χ3n) is 7.26. The fraction of sp³-hybridized carbons (Fsp3) is 0.708. The first-order chi connectivity index (χ1) is 15.2. The highest BCUT2D eigenvalue weighted by molar-refractivity contribution is 6.30. The highest BCUT2D eigenvalue weighted by Crippen LogP contribution is 2.30. The smallest absolute Gasteiger partial charge is 0.191 e. The second-order valence-electron chi connectivity index (χ2n) is 9.28. The quantitative estimate of drug-likeness (QED) is 0.518. The molecule has 0 aliphatic carbocycles. The SMILES string of the molecule is CN=C(NCC1(N2CCCC2)CCOCC1)NC1CCN(Cc2ccc(Cl)cc2)CC1. The average Bonchev–Trinajstić information content (AvgIpc) is 3.36. The van der Waals surface area contributed by atoms with Crippen molar-refractivity contribution in [2.75, 3.05) is 53.0 Å². The zero-order valence-electron chi connectivity index (χ0n) is 18.9. The van der Waals surface area contributed by atoms with Crippen molar-refractivity contribution in [2.45, 2.75) is 56.7 Å². The van der Waals surface area contributed by atoms with Crippen molar-refractivity contribution >= 4 is 17.6 Å². The molecule has 6 nitrogen and oxygen atoms in total. The second-order valence-corrected chi connectivity index (χ2v) is 9.71. The zero-order chi connectivity index (χ0) is 21.5. The summed E-state index contributed by atoms with van der Waals surface area (Å²) in [6.07, 6.45) is 7.15. The summed E-state index contributed by atoms with van der Waals surface area (Å²) in [5, 5.41) is 8.17. The van der Waals surface area contributed by atoms with Gasteiger partial charge in [-0.1, -0.05) is 23.7 Å². The molecular weight excluding hydrogens is 410 g/mol. The second kappa shape index (κ2) is 11.0. The molecule has 1 aromatic rings. The molecule has 31 heavy (non-hydrogen) atoms. The molecule has 1 aromatic carbocycles. The number of nitrogens with zero attached hydrogens (tertiary/aromatic N) is 3. The molecule has 0 spiro atoms. The van der Waals surface area contributed by atoms with Crippen LogP contribution in [0.25, 0.3) is 0 Å². The van der Waals surface area contributed by atoms with Gasteiger partial charge in [0.15, 0.2) is 5.96 Å². The molecule has 0 unspecified atom stereocenters. The minimum Gasteiger partial charge on any atom is -0.381 e. The van der Waals surface area contributed by atoms with Crippen LogP contribution in [-0.4, -0.2) is 80.3 Å². The standard InChI is InChI=1S/C24H38ClN5O/c1-26-23(27-19-24(10-16-31-17-11-24)30-12-2-3-13-30)28-22-8-14-29(15-9-22)18-20-4-6-21(25)7-5-20/h4-7,22H,2-3,8-19H2,1H3,(H2,26,27,28). The Morgan fingerprint density at radius 1 is 1.10 bits per heavy atom. The van der Waals surface area contributed by atoms with E-state index in [4.69, 9.17) is 16.3 Å². The third-order valence-corrected chi connectivity index (χ3v) is 7.51. The van der Waals surface area contributed by atoms with Crippen LogP contribution >= 0.6 is 11.6 Å². The van der Waals surface area contributed by atoms with Crippen molar-refractivity contribution in [3.63, 3.8) is 0 Å². The third kappa shape index (κ3) is 6.13. The van der Waals surface area contributed by atoms with Gasteiger partial charge in [0.05, 0.1) is 0 Å². The molecule has 2 N–H and O–H groups in total. The molecule has 172 valence electrons. The number of aliphatic imine (C=N–C) groups is 1. The Morgan fingerprint density at radius 2 is 1.77 bits per heavy atom. The minimum absolute atomic E-state index is 0.217. The maximum absolute atomic E-state index is 6.01. The molecule has 0 aromatic heterocycles. The Kier molecular flexibility index (Phi) is 8.10. The van der Waals surface area contributed by atoms with E-state index in [0.29, 0.717) is 6.04 Å². The van der Waals surface area contributed by atoms with Crippen molar-refractivity contribution in [1.29, 1.82) is 0 Å². The Labute approximate surface area is 192 Å². The molecule has 7 heteroatoms. The highest BCUT2D eigenvalue weighted by atomic mass is 35.5. The molecule has 3 aliphatic heterocycles. The number of halogens is 1. The summed E-state index contributed by atoms with van der Waals surface area (Å²) in [7, 11) is 1.89. The van der Waals surface area contributed by atoms with Crippen molar-refractivity contribution in [3.05, 3.63) is 34.9 Å². The lowest BCUT2D eigenvalue weighted by Crippen LogP contribution is -2.59. The molecule has 0 bridgehead atoms. The monoisotopic (exact) mass is 447 g/mol. The highest BCUT2D eigenvalue weighted by Gasteiger charge is 2.39. The Bertz CT molecular complexity index is 705. The van der Waals surface area contributed by atoms with E-state index in [0.717, 1.165) is 76.1 Å². The maximum Gasteiger partial charge on any atom is 0.191 e. The lowest BCUT2D eigenvalue weighted by molar-refractivity contribution is -0.0164. The fourth-order valence-corrected chi connectivity index (χ4v) is 5.39. The number of guanidine groups is 1. The van der Waals surface area contributed by atoms with Crippen molar-refractivity contribution in [3.8, 4) is 0 Å². The van der Waals surface area contributed by atoms with Crippen LogP contribution < -0.4 is 10.6 Å². The number of hydrogen-bond donors (Lipinski definition) is 2. The first-order valence-corrected chi connectivity index (χ1v) is 12.3. The van der Waals surface area contributed by atoms with E-state index in [1.54, 1.807) is 0 Å². The van der Waals surface area contributed by atoms with Gasteiger partial charge in [0, 0.05) is 63.0 Å². The fourth-order valence-electron chi connectivity index (χ4n) is 5.27. The summed E-state index contributed by atoms with van der Waals surface area (Å²) in [6.45, 7) is 8.34. The van der Waals surface area contributed by atoms with Crippen LogP contribution in [0, 0.1) is 0 Å². The molecule has 0 amide bonds. The Hall–Kier alpha value is -1.34. The van der Waals surface area contributed by atoms with Gasteiger partial charge in [0.25, 0.3) is 0 Å². The van der Waals surface area contributed by atoms with Crippen molar-refractivity contribution in [1.82, 2.24) is 20.4 Å². The van der Waals surface area contributed by atoms with E-state index in [1.165, 1.54) is 31.5 Å². The van der Waals surface area contributed by atoms with E-state index < -0.39 is 0 Å². The van der Waals surface area contributed by atoms with Crippen LogP contribution in [0.2, 0.25) is 5.02 Å². The van der Waals surface area contributed by atoms with Crippen LogP contribution in [0.1, 0.15) is 44.1 Å². The molecular formula is C24H38ClN5O. The van der Waals surface area contributed by atoms with E-state index in [2.05, 4.69) is 37.6 Å². The molecule has 3 saturated heterocycles. The summed E-state index contributed by atoms with van der Waals surface area (Å²) in [5.74, 6) is 0.946. The van der Waals surface area contributed by atoms with Gasteiger partial charge in [-0.25, -0.2) is 0 Å². The predicted molar refractivity (Wildman–Crippen MR) is 128 cm³/mol. The van der Waals surface area contributed by atoms with E-state index in [1.807, 2.05) is 19.2 Å². The molecule has 0 radical (unpaired) electrons. The van der Waals surface area contributed by atoms with Crippen LogP contribution in [0.15, 0.2) is 29.3 Å². The number of nitrogens with one attached hydrogen (secondary N) is 2. The molecule has 0 saturated carbocycles.